The molecule has 0 aliphatic carbocycles. The molecule has 0 radical (unpaired) electrons. The van der Waals surface area contributed by atoms with Crippen LogP contribution >= 0.6 is 11.6 Å². The minimum Gasteiger partial charge on any atom is -0.449 e. The summed E-state index contributed by atoms with van der Waals surface area (Å²) < 4.78 is 5.17. The quantitative estimate of drug-likeness (QED) is 0.603. The number of esters is 1. The van der Waals surface area contributed by atoms with Gasteiger partial charge in [0, 0.05) is 16.8 Å². The minimum absolute atomic E-state index is 0.373. The Bertz CT molecular complexity index is 838. The lowest BCUT2D eigenvalue weighted by Gasteiger charge is -2.15. The number of carbonyl (C=O) groups excluding carboxylic acids is 2. The monoisotopic (exact) mass is 371 g/mol. The number of aryl methyl sites for hydroxylation is 3. The van der Waals surface area contributed by atoms with Crippen molar-refractivity contribution >= 4 is 35.2 Å². The molecule has 0 aliphatic heterocycles. The van der Waals surface area contributed by atoms with Gasteiger partial charge in [-0.2, -0.15) is 0 Å². The molecule has 1 atom stereocenters. The van der Waals surface area contributed by atoms with Gasteiger partial charge in [0.1, 0.15) is 0 Å². The van der Waals surface area contributed by atoms with E-state index in [0.29, 0.717) is 5.02 Å². The first-order valence-electron chi connectivity index (χ1n) is 8.30. The van der Waals surface area contributed by atoms with Crippen LogP contribution in [-0.4, -0.2) is 18.0 Å². The Hall–Kier alpha value is -2.59. The largest absolute Gasteiger partial charge is 0.449 e. The van der Waals surface area contributed by atoms with Crippen molar-refractivity contribution in [2.24, 2.45) is 0 Å². The van der Waals surface area contributed by atoms with Crippen molar-refractivity contribution < 1.29 is 14.3 Å². The summed E-state index contributed by atoms with van der Waals surface area (Å²) in [6.07, 6.45) is 1.97. The van der Waals surface area contributed by atoms with Gasteiger partial charge in [-0.1, -0.05) is 41.9 Å². The van der Waals surface area contributed by atoms with Crippen LogP contribution in [0.5, 0.6) is 0 Å². The lowest BCUT2D eigenvalue weighted by atomic mass is 10.1. The number of halogens is 1. The summed E-state index contributed by atoms with van der Waals surface area (Å²) in [5.74, 6) is -0.964. The maximum atomic E-state index is 12.3. The third kappa shape index (κ3) is 5.20. The summed E-state index contributed by atoms with van der Waals surface area (Å²) >= 11 is 6.05. The molecule has 26 heavy (non-hydrogen) atoms. The topological polar surface area (TPSA) is 55.4 Å². The summed E-state index contributed by atoms with van der Waals surface area (Å²) in [5, 5.41) is 3.44. The van der Waals surface area contributed by atoms with E-state index in [0.717, 1.165) is 27.9 Å². The Labute approximate surface area is 158 Å². The smallest absolute Gasteiger partial charge is 0.331 e. The van der Waals surface area contributed by atoms with E-state index >= 15 is 0 Å². The summed E-state index contributed by atoms with van der Waals surface area (Å²) in [7, 11) is 0. The molecule has 1 amide bonds. The Morgan fingerprint density at radius 3 is 2.35 bits per heavy atom. The van der Waals surface area contributed by atoms with Crippen LogP contribution in [-0.2, 0) is 14.3 Å². The summed E-state index contributed by atoms with van der Waals surface area (Å²) in [5.41, 5.74) is 4.39. The van der Waals surface area contributed by atoms with Gasteiger partial charge in [-0.3, -0.25) is 4.79 Å². The molecule has 0 fully saturated rings. The number of hydrogen-bond donors (Lipinski definition) is 1. The molecular weight excluding hydrogens is 350 g/mol. The first-order chi connectivity index (χ1) is 12.3. The zero-order valence-corrected chi connectivity index (χ0v) is 16.1. The van der Waals surface area contributed by atoms with E-state index in [9.17, 15) is 9.59 Å². The van der Waals surface area contributed by atoms with Crippen LogP contribution in [0.4, 0.5) is 5.69 Å². The van der Waals surface area contributed by atoms with Gasteiger partial charge in [0.15, 0.2) is 6.10 Å². The summed E-state index contributed by atoms with van der Waals surface area (Å²) in [6, 6.07) is 11.2. The highest BCUT2D eigenvalue weighted by molar-refractivity contribution is 6.31. The van der Waals surface area contributed by atoms with Crippen molar-refractivity contribution in [1.82, 2.24) is 0 Å². The molecule has 0 saturated carbocycles. The van der Waals surface area contributed by atoms with Crippen molar-refractivity contribution in [3.05, 3.63) is 69.8 Å². The van der Waals surface area contributed by atoms with Crippen LogP contribution in [0.15, 0.2) is 42.5 Å². The van der Waals surface area contributed by atoms with E-state index in [1.807, 2.05) is 51.1 Å². The Balaban J connectivity index is 1.96. The van der Waals surface area contributed by atoms with E-state index in [4.69, 9.17) is 16.3 Å². The first-order valence-corrected chi connectivity index (χ1v) is 8.67. The molecule has 0 aliphatic rings. The van der Waals surface area contributed by atoms with Crippen molar-refractivity contribution in [1.29, 1.82) is 0 Å². The highest BCUT2D eigenvalue weighted by Gasteiger charge is 2.18. The Morgan fingerprint density at radius 2 is 1.73 bits per heavy atom. The van der Waals surface area contributed by atoms with Gasteiger partial charge >= 0.3 is 5.97 Å². The Morgan fingerprint density at radius 1 is 1.08 bits per heavy atom. The third-order valence-electron chi connectivity index (χ3n) is 4.00. The maximum absolute atomic E-state index is 12.3. The number of nitrogens with one attached hydrogen (secondary N) is 1. The van der Waals surface area contributed by atoms with Gasteiger partial charge in [0.05, 0.1) is 0 Å². The summed E-state index contributed by atoms with van der Waals surface area (Å²) in [4.78, 5) is 24.2. The van der Waals surface area contributed by atoms with Gasteiger partial charge in [-0.15, -0.1) is 0 Å². The molecule has 136 valence electrons. The fourth-order valence-electron chi connectivity index (χ4n) is 2.38. The van der Waals surface area contributed by atoms with Gasteiger partial charge in [0.2, 0.25) is 0 Å². The van der Waals surface area contributed by atoms with Crippen LogP contribution in [0.1, 0.15) is 29.2 Å². The van der Waals surface area contributed by atoms with Gasteiger partial charge in [-0.25, -0.2) is 4.79 Å². The molecule has 4 nitrogen and oxygen atoms in total. The number of rotatable bonds is 5. The van der Waals surface area contributed by atoms with Crippen molar-refractivity contribution in [3.8, 4) is 0 Å². The van der Waals surface area contributed by atoms with Crippen LogP contribution < -0.4 is 5.32 Å². The van der Waals surface area contributed by atoms with Crippen LogP contribution in [0.2, 0.25) is 5.02 Å². The minimum atomic E-state index is -0.909. The fourth-order valence-corrected chi connectivity index (χ4v) is 2.57. The van der Waals surface area contributed by atoms with E-state index in [1.165, 1.54) is 13.0 Å². The highest BCUT2D eigenvalue weighted by Crippen LogP contribution is 2.20. The summed E-state index contributed by atoms with van der Waals surface area (Å²) in [6.45, 7) is 7.27. The molecule has 2 aromatic rings. The molecule has 0 spiro atoms. The normalized spacial score (nSPS) is 12.0. The van der Waals surface area contributed by atoms with Gasteiger partial charge < -0.3 is 10.1 Å². The lowest BCUT2D eigenvalue weighted by Crippen LogP contribution is -2.30. The molecule has 2 aromatic carbocycles. The van der Waals surface area contributed by atoms with Crippen LogP contribution in [0.25, 0.3) is 6.08 Å². The number of ether oxygens (including phenoxy) is 1. The number of benzene rings is 2. The second kappa shape index (κ2) is 8.68. The van der Waals surface area contributed by atoms with Crippen molar-refractivity contribution in [2.45, 2.75) is 33.8 Å². The zero-order valence-electron chi connectivity index (χ0n) is 15.3. The van der Waals surface area contributed by atoms with Crippen LogP contribution in [0.3, 0.4) is 0 Å². The molecule has 0 bridgehead atoms. The molecule has 0 aromatic heterocycles. The SMILES string of the molecule is Cc1ccc(/C=C/C(=O)O[C@@H](C)C(=O)Nc2c(C)cccc2C)cc1Cl. The number of anilines is 1. The second-order valence-electron chi connectivity index (χ2n) is 6.18. The molecule has 1 N–H and O–H groups in total. The first kappa shape index (κ1) is 19.7. The van der Waals surface area contributed by atoms with E-state index in [-0.39, 0.29) is 5.91 Å². The number of para-hydroxylation sites is 1. The van der Waals surface area contributed by atoms with E-state index in [1.54, 1.807) is 12.1 Å². The maximum Gasteiger partial charge on any atom is 0.331 e. The Kier molecular flexibility index (Phi) is 6.58. The number of amides is 1. The van der Waals surface area contributed by atoms with Gasteiger partial charge in [-0.05, 0) is 62.1 Å². The molecule has 5 heteroatoms. The molecule has 0 saturated heterocycles. The van der Waals surface area contributed by atoms with Gasteiger partial charge in [0.25, 0.3) is 5.91 Å². The third-order valence-corrected chi connectivity index (χ3v) is 4.41. The van der Waals surface area contributed by atoms with Crippen molar-refractivity contribution in [2.75, 3.05) is 5.32 Å². The predicted octanol–water partition coefficient (Wildman–Crippen LogP) is 4.85. The second-order valence-corrected chi connectivity index (χ2v) is 6.58. The highest BCUT2D eigenvalue weighted by atomic mass is 35.5. The molecular formula is C21H22ClNO3. The fraction of sp³-hybridized carbons (Fsp3) is 0.238. The molecule has 0 heterocycles. The molecule has 2 rings (SSSR count). The average Bonchev–Trinajstić information content (AvgIpc) is 2.59. The zero-order chi connectivity index (χ0) is 19.3. The molecule has 0 unspecified atom stereocenters. The van der Waals surface area contributed by atoms with Crippen molar-refractivity contribution in [3.63, 3.8) is 0 Å². The van der Waals surface area contributed by atoms with E-state index < -0.39 is 12.1 Å². The average molecular weight is 372 g/mol. The van der Waals surface area contributed by atoms with E-state index in [2.05, 4.69) is 5.32 Å². The van der Waals surface area contributed by atoms with Crippen LogP contribution in [0, 0.1) is 20.8 Å². The predicted molar refractivity (Wildman–Crippen MR) is 105 cm³/mol. The lowest BCUT2D eigenvalue weighted by molar-refractivity contribution is -0.148. The number of hydrogen-bond acceptors (Lipinski definition) is 3. The standard InChI is InChI=1S/C21H22ClNO3/c1-13-8-9-17(12-18(13)22)10-11-19(24)26-16(4)21(25)23-20-14(2)6-5-7-15(20)3/h5-12,16H,1-4H3,(H,23,25)/b11-10+/t16-/m0/s1. The number of carbonyl (C=O) groups is 2.